The zero-order valence-corrected chi connectivity index (χ0v) is 17.7. The molecule has 2 aromatic rings. The first-order valence-corrected chi connectivity index (χ1v) is 9.90. The van der Waals surface area contributed by atoms with Crippen LogP contribution in [0.1, 0.15) is 65.3 Å². The molecule has 0 radical (unpaired) electrons. The lowest BCUT2D eigenvalue weighted by Gasteiger charge is -2.30. The van der Waals surface area contributed by atoms with Gasteiger partial charge in [0.25, 0.3) is 5.91 Å². The molecule has 5 nitrogen and oxygen atoms in total. The molecule has 1 heterocycles. The highest BCUT2D eigenvalue weighted by Gasteiger charge is 2.25. The second kappa shape index (κ2) is 9.65. The first-order valence-electron chi connectivity index (χ1n) is 9.10. The second-order valence-electron chi connectivity index (χ2n) is 6.25. The minimum Gasteiger partial charge on any atom is -0.462 e. The van der Waals surface area contributed by atoms with Crippen molar-refractivity contribution in [1.82, 2.24) is 9.88 Å². The third-order valence-electron chi connectivity index (χ3n) is 4.35. The highest BCUT2D eigenvalue weighted by molar-refractivity contribution is 9.10. The van der Waals surface area contributed by atoms with Crippen LogP contribution in [0.15, 0.2) is 40.9 Å². The van der Waals surface area contributed by atoms with Crippen molar-refractivity contribution in [1.29, 1.82) is 0 Å². The number of aromatic nitrogens is 1. The van der Waals surface area contributed by atoms with Crippen molar-refractivity contribution in [2.45, 2.75) is 40.2 Å². The Morgan fingerprint density at radius 3 is 2.48 bits per heavy atom. The van der Waals surface area contributed by atoms with Crippen molar-refractivity contribution in [2.24, 2.45) is 0 Å². The SMILES string of the molecule is CCCN(C(=O)c1ccc(C(=O)OCC)c(C)n1)C(C)c1ccccc1Br. The Morgan fingerprint density at radius 1 is 1.19 bits per heavy atom. The van der Waals surface area contributed by atoms with Crippen LogP contribution in [0, 0.1) is 6.92 Å². The summed E-state index contributed by atoms with van der Waals surface area (Å²) in [5.74, 6) is -0.577. The Kier molecular flexibility index (Phi) is 7.54. The fourth-order valence-electron chi connectivity index (χ4n) is 2.95. The topological polar surface area (TPSA) is 59.5 Å². The molecule has 0 bridgehead atoms. The maximum absolute atomic E-state index is 13.2. The average molecular weight is 433 g/mol. The first kappa shape index (κ1) is 21.1. The lowest BCUT2D eigenvalue weighted by Crippen LogP contribution is -2.35. The molecule has 0 saturated heterocycles. The molecule has 1 aromatic carbocycles. The summed E-state index contributed by atoms with van der Waals surface area (Å²) in [7, 11) is 0. The van der Waals surface area contributed by atoms with Crippen LogP contribution in [0.25, 0.3) is 0 Å². The Morgan fingerprint density at radius 2 is 1.89 bits per heavy atom. The van der Waals surface area contributed by atoms with Crippen LogP contribution >= 0.6 is 15.9 Å². The molecule has 1 aromatic heterocycles. The number of carbonyl (C=O) groups excluding carboxylic acids is 2. The van der Waals surface area contributed by atoms with E-state index in [-0.39, 0.29) is 11.9 Å². The van der Waals surface area contributed by atoms with E-state index in [1.54, 1.807) is 26.0 Å². The number of benzene rings is 1. The molecule has 27 heavy (non-hydrogen) atoms. The largest absolute Gasteiger partial charge is 0.462 e. The highest BCUT2D eigenvalue weighted by atomic mass is 79.9. The third-order valence-corrected chi connectivity index (χ3v) is 5.07. The van der Waals surface area contributed by atoms with E-state index < -0.39 is 5.97 Å². The zero-order valence-electron chi connectivity index (χ0n) is 16.2. The van der Waals surface area contributed by atoms with Gasteiger partial charge in [-0.3, -0.25) is 4.79 Å². The minimum atomic E-state index is -0.423. The summed E-state index contributed by atoms with van der Waals surface area (Å²) in [6.07, 6.45) is 0.834. The van der Waals surface area contributed by atoms with Crippen LogP contribution in [0.5, 0.6) is 0 Å². The molecule has 1 unspecified atom stereocenters. The Bertz CT molecular complexity index is 823. The van der Waals surface area contributed by atoms with Crippen LogP contribution in [0.2, 0.25) is 0 Å². The molecular formula is C21H25BrN2O3. The van der Waals surface area contributed by atoms with E-state index in [1.165, 1.54) is 0 Å². The molecule has 144 valence electrons. The minimum absolute atomic E-state index is 0.111. The summed E-state index contributed by atoms with van der Waals surface area (Å²) in [4.78, 5) is 31.3. The number of ether oxygens (including phenoxy) is 1. The van der Waals surface area contributed by atoms with Gasteiger partial charge in [0.1, 0.15) is 5.69 Å². The summed E-state index contributed by atoms with van der Waals surface area (Å²) in [5, 5.41) is 0. The van der Waals surface area contributed by atoms with Crippen molar-refractivity contribution in [3.63, 3.8) is 0 Å². The van der Waals surface area contributed by atoms with Gasteiger partial charge in [0.15, 0.2) is 0 Å². The van der Waals surface area contributed by atoms with Crippen molar-refractivity contribution < 1.29 is 14.3 Å². The molecule has 0 aliphatic carbocycles. The highest BCUT2D eigenvalue weighted by Crippen LogP contribution is 2.28. The molecule has 0 aliphatic heterocycles. The van der Waals surface area contributed by atoms with Crippen LogP contribution in [-0.2, 0) is 4.74 Å². The van der Waals surface area contributed by atoms with E-state index in [2.05, 4.69) is 20.9 Å². The molecular weight excluding hydrogens is 408 g/mol. The number of aryl methyl sites for hydroxylation is 1. The number of pyridine rings is 1. The Labute approximate surface area is 168 Å². The van der Waals surface area contributed by atoms with Crippen molar-refractivity contribution in [3.05, 3.63) is 63.4 Å². The number of rotatable bonds is 7. The fraction of sp³-hybridized carbons (Fsp3) is 0.381. The van der Waals surface area contributed by atoms with Gasteiger partial charge in [0.05, 0.1) is 23.9 Å². The van der Waals surface area contributed by atoms with Gasteiger partial charge in [0, 0.05) is 11.0 Å². The number of hydrogen-bond donors (Lipinski definition) is 0. The van der Waals surface area contributed by atoms with E-state index in [0.29, 0.717) is 30.1 Å². The van der Waals surface area contributed by atoms with E-state index in [1.807, 2.05) is 43.0 Å². The molecule has 0 saturated carbocycles. The Hall–Kier alpha value is -2.21. The maximum Gasteiger partial charge on any atom is 0.339 e. The first-order chi connectivity index (χ1) is 12.9. The van der Waals surface area contributed by atoms with Crippen molar-refractivity contribution >= 4 is 27.8 Å². The summed E-state index contributed by atoms with van der Waals surface area (Å²) in [6.45, 7) is 8.42. The standard InChI is InChI=1S/C21H25BrN2O3/c1-5-13-24(15(4)17-9-7-8-10-18(17)22)20(25)19-12-11-16(14(3)23-19)21(26)27-6-2/h7-12,15H,5-6,13H2,1-4H3. The van der Waals surface area contributed by atoms with Gasteiger partial charge in [-0.25, -0.2) is 9.78 Å². The quantitative estimate of drug-likeness (QED) is 0.581. The number of amides is 1. The number of hydrogen-bond acceptors (Lipinski definition) is 4. The van der Waals surface area contributed by atoms with Gasteiger partial charge in [-0.15, -0.1) is 0 Å². The maximum atomic E-state index is 13.2. The second-order valence-corrected chi connectivity index (χ2v) is 7.10. The van der Waals surface area contributed by atoms with Gasteiger partial charge in [-0.1, -0.05) is 41.1 Å². The molecule has 1 amide bonds. The third kappa shape index (κ3) is 4.95. The van der Waals surface area contributed by atoms with E-state index in [0.717, 1.165) is 16.5 Å². The van der Waals surface area contributed by atoms with Gasteiger partial charge in [-0.2, -0.15) is 0 Å². The summed E-state index contributed by atoms with van der Waals surface area (Å²) < 4.78 is 5.99. The predicted molar refractivity (Wildman–Crippen MR) is 109 cm³/mol. The summed E-state index contributed by atoms with van der Waals surface area (Å²) in [5.41, 5.74) is 2.24. The number of halogens is 1. The lowest BCUT2D eigenvalue weighted by molar-refractivity contribution is 0.0523. The molecule has 0 aliphatic rings. The van der Waals surface area contributed by atoms with Gasteiger partial charge < -0.3 is 9.64 Å². The molecule has 1 atom stereocenters. The van der Waals surface area contributed by atoms with Crippen molar-refractivity contribution in [3.8, 4) is 0 Å². The van der Waals surface area contributed by atoms with Gasteiger partial charge >= 0.3 is 5.97 Å². The van der Waals surface area contributed by atoms with Crippen LogP contribution in [0.3, 0.4) is 0 Å². The molecule has 2 rings (SSSR count). The number of carbonyl (C=O) groups is 2. The van der Waals surface area contributed by atoms with Gasteiger partial charge in [0.2, 0.25) is 0 Å². The molecule has 0 spiro atoms. The molecule has 0 fully saturated rings. The van der Waals surface area contributed by atoms with E-state index >= 15 is 0 Å². The normalized spacial score (nSPS) is 11.7. The number of nitrogens with zero attached hydrogens (tertiary/aromatic N) is 2. The summed E-state index contributed by atoms with van der Waals surface area (Å²) >= 11 is 3.57. The zero-order chi connectivity index (χ0) is 20.0. The monoisotopic (exact) mass is 432 g/mol. The Balaban J connectivity index is 2.33. The van der Waals surface area contributed by atoms with E-state index in [9.17, 15) is 9.59 Å². The fourth-order valence-corrected chi connectivity index (χ4v) is 3.56. The lowest BCUT2D eigenvalue weighted by atomic mass is 10.1. The average Bonchev–Trinajstić information content (AvgIpc) is 2.65. The number of esters is 1. The van der Waals surface area contributed by atoms with Crippen LogP contribution < -0.4 is 0 Å². The van der Waals surface area contributed by atoms with Gasteiger partial charge in [-0.05, 0) is 51.0 Å². The van der Waals surface area contributed by atoms with E-state index in [4.69, 9.17) is 4.74 Å². The molecule has 6 heteroatoms. The van der Waals surface area contributed by atoms with Crippen molar-refractivity contribution in [2.75, 3.05) is 13.2 Å². The van der Waals surface area contributed by atoms with Crippen LogP contribution in [-0.4, -0.2) is 34.9 Å². The smallest absolute Gasteiger partial charge is 0.339 e. The predicted octanol–water partition coefficient (Wildman–Crippen LogP) is 4.94. The summed E-state index contributed by atoms with van der Waals surface area (Å²) in [6, 6.07) is 11.0. The van der Waals surface area contributed by atoms with Crippen LogP contribution in [0.4, 0.5) is 0 Å². The molecule has 0 N–H and O–H groups in total.